The van der Waals surface area contributed by atoms with Crippen LogP contribution in [0.25, 0.3) is 0 Å². The molecule has 1 N–H and O–H groups in total. The summed E-state index contributed by atoms with van der Waals surface area (Å²) in [7, 11) is 0. The van der Waals surface area contributed by atoms with E-state index in [0.29, 0.717) is 0 Å². The van der Waals surface area contributed by atoms with Crippen LogP contribution in [0.1, 0.15) is 33.1 Å². The minimum atomic E-state index is 0.722. The van der Waals surface area contributed by atoms with Crippen LogP contribution in [0.15, 0.2) is 0 Å². The van der Waals surface area contributed by atoms with Crippen LogP contribution in [0.3, 0.4) is 0 Å². The lowest BCUT2D eigenvalue weighted by molar-refractivity contribution is 0.167. The monoisotopic (exact) mass is 256 g/mol. The zero-order valence-electron chi connectivity index (χ0n) is 11.5. The summed E-state index contributed by atoms with van der Waals surface area (Å²) >= 11 is 2.13. The van der Waals surface area contributed by atoms with Gasteiger partial charge in [0, 0.05) is 6.04 Å². The van der Waals surface area contributed by atoms with Crippen LogP contribution >= 0.6 is 11.8 Å². The lowest BCUT2D eigenvalue weighted by Gasteiger charge is -2.35. The van der Waals surface area contributed by atoms with Crippen molar-refractivity contribution in [2.45, 2.75) is 39.2 Å². The maximum Gasteiger partial charge on any atom is 0.00680 e. The molecule has 17 heavy (non-hydrogen) atoms. The van der Waals surface area contributed by atoms with E-state index in [9.17, 15) is 0 Å². The van der Waals surface area contributed by atoms with Crippen LogP contribution in [0.4, 0.5) is 0 Å². The second-order valence-electron chi connectivity index (χ2n) is 5.70. The highest BCUT2D eigenvalue weighted by atomic mass is 32.2. The van der Waals surface area contributed by atoms with Gasteiger partial charge in [-0.2, -0.15) is 11.8 Å². The first-order valence-electron chi connectivity index (χ1n) is 7.33. The minimum absolute atomic E-state index is 0.722. The molecule has 2 aliphatic heterocycles. The van der Waals surface area contributed by atoms with Gasteiger partial charge in [0.15, 0.2) is 0 Å². The van der Waals surface area contributed by atoms with E-state index in [1.807, 2.05) is 0 Å². The number of piperidine rings is 1. The molecule has 0 aromatic heterocycles. The average molecular weight is 256 g/mol. The minimum Gasteiger partial charge on any atom is -0.314 e. The predicted molar refractivity (Wildman–Crippen MR) is 77.7 cm³/mol. The van der Waals surface area contributed by atoms with Crippen molar-refractivity contribution in [3.63, 3.8) is 0 Å². The molecule has 2 saturated heterocycles. The van der Waals surface area contributed by atoms with Crippen molar-refractivity contribution >= 4 is 11.8 Å². The fraction of sp³-hybridized carbons (Fsp3) is 1.00. The van der Waals surface area contributed by atoms with E-state index < -0.39 is 0 Å². The third-order valence-corrected chi connectivity index (χ3v) is 5.77. The quantitative estimate of drug-likeness (QED) is 0.813. The van der Waals surface area contributed by atoms with Gasteiger partial charge in [0.25, 0.3) is 0 Å². The molecular formula is C14H28N2S. The molecule has 0 saturated carbocycles. The molecule has 0 aromatic carbocycles. The highest BCUT2D eigenvalue weighted by Crippen LogP contribution is 2.24. The predicted octanol–water partition coefficient (Wildman–Crippen LogP) is 2.45. The van der Waals surface area contributed by atoms with E-state index in [1.54, 1.807) is 0 Å². The topological polar surface area (TPSA) is 15.3 Å². The van der Waals surface area contributed by atoms with Crippen LogP contribution < -0.4 is 5.32 Å². The van der Waals surface area contributed by atoms with Crippen molar-refractivity contribution in [3.8, 4) is 0 Å². The van der Waals surface area contributed by atoms with Crippen LogP contribution in [0, 0.1) is 11.8 Å². The van der Waals surface area contributed by atoms with E-state index in [-0.39, 0.29) is 0 Å². The molecule has 2 aliphatic rings. The number of likely N-dealkylation sites (tertiary alicyclic amines) is 1. The van der Waals surface area contributed by atoms with Crippen LogP contribution in [-0.2, 0) is 0 Å². The molecule has 0 spiro atoms. The Morgan fingerprint density at radius 1 is 1.29 bits per heavy atom. The number of hydrogen-bond acceptors (Lipinski definition) is 3. The number of thioether (sulfide) groups is 1. The number of nitrogens with one attached hydrogen (secondary N) is 1. The van der Waals surface area contributed by atoms with Gasteiger partial charge in [-0.1, -0.05) is 6.92 Å². The first kappa shape index (κ1) is 13.7. The molecule has 2 unspecified atom stereocenters. The maximum atomic E-state index is 3.80. The van der Waals surface area contributed by atoms with Crippen LogP contribution in [-0.4, -0.2) is 48.6 Å². The molecule has 2 atom stereocenters. The SMILES string of the molecule is CCN1CCC(C(C)NCC2CCSC2)CC1. The third-order valence-electron chi connectivity index (χ3n) is 4.54. The fourth-order valence-electron chi connectivity index (χ4n) is 3.03. The third kappa shape index (κ3) is 4.15. The lowest BCUT2D eigenvalue weighted by atomic mass is 9.90. The van der Waals surface area contributed by atoms with Gasteiger partial charge in [-0.15, -0.1) is 0 Å². The smallest absolute Gasteiger partial charge is 0.00680 e. The molecule has 100 valence electrons. The van der Waals surface area contributed by atoms with Crippen LogP contribution in [0.2, 0.25) is 0 Å². The van der Waals surface area contributed by atoms with Crippen LogP contribution in [0.5, 0.6) is 0 Å². The Kier molecular flexibility index (Phi) is 5.64. The molecule has 2 rings (SSSR count). The van der Waals surface area contributed by atoms with Gasteiger partial charge in [-0.3, -0.25) is 0 Å². The van der Waals surface area contributed by atoms with E-state index in [1.165, 1.54) is 56.9 Å². The number of hydrogen-bond donors (Lipinski definition) is 1. The molecule has 3 heteroatoms. The Bertz CT molecular complexity index is 208. The first-order chi connectivity index (χ1) is 8.29. The van der Waals surface area contributed by atoms with Gasteiger partial charge in [0.05, 0.1) is 0 Å². The molecule has 0 bridgehead atoms. The van der Waals surface area contributed by atoms with Gasteiger partial charge in [0.1, 0.15) is 0 Å². The van der Waals surface area contributed by atoms with Crippen molar-refractivity contribution in [3.05, 3.63) is 0 Å². The summed E-state index contributed by atoms with van der Waals surface area (Å²) in [4.78, 5) is 2.58. The van der Waals surface area contributed by atoms with E-state index >= 15 is 0 Å². The Morgan fingerprint density at radius 3 is 2.65 bits per heavy atom. The Morgan fingerprint density at radius 2 is 2.06 bits per heavy atom. The summed E-state index contributed by atoms with van der Waals surface area (Å²) in [6.45, 7) is 9.78. The van der Waals surface area contributed by atoms with Crippen molar-refractivity contribution in [1.82, 2.24) is 10.2 Å². The zero-order chi connectivity index (χ0) is 12.1. The van der Waals surface area contributed by atoms with Gasteiger partial charge >= 0.3 is 0 Å². The number of nitrogens with zero attached hydrogens (tertiary/aromatic N) is 1. The fourth-order valence-corrected chi connectivity index (χ4v) is 4.32. The largest absolute Gasteiger partial charge is 0.314 e. The summed E-state index contributed by atoms with van der Waals surface area (Å²) < 4.78 is 0. The summed E-state index contributed by atoms with van der Waals surface area (Å²) in [5.74, 6) is 4.62. The molecule has 0 aromatic rings. The maximum absolute atomic E-state index is 3.80. The molecule has 0 radical (unpaired) electrons. The van der Waals surface area contributed by atoms with E-state index in [2.05, 4.69) is 35.8 Å². The highest BCUT2D eigenvalue weighted by Gasteiger charge is 2.24. The second-order valence-corrected chi connectivity index (χ2v) is 6.85. The number of rotatable bonds is 5. The van der Waals surface area contributed by atoms with Gasteiger partial charge in [-0.05, 0) is 75.7 Å². The summed E-state index contributed by atoms with van der Waals surface area (Å²) in [6, 6.07) is 0.722. The first-order valence-corrected chi connectivity index (χ1v) is 8.48. The molecule has 2 heterocycles. The highest BCUT2D eigenvalue weighted by molar-refractivity contribution is 7.99. The normalized spacial score (nSPS) is 29.6. The summed E-state index contributed by atoms with van der Waals surface area (Å²) in [6.07, 6.45) is 4.21. The zero-order valence-corrected chi connectivity index (χ0v) is 12.3. The summed E-state index contributed by atoms with van der Waals surface area (Å²) in [5, 5.41) is 3.80. The van der Waals surface area contributed by atoms with Crippen molar-refractivity contribution in [2.24, 2.45) is 11.8 Å². The second kappa shape index (κ2) is 7.01. The van der Waals surface area contributed by atoms with Gasteiger partial charge in [-0.25, -0.2) is 0 Å². The van der Waals surface area contributed by atoms with E-state index in [4.69, 9.17) is 0 Å². The molecule has 2 nitrogen and oxygen atoms in total. The molecule has 0 amide bonds. The van der Waals surface area contributed by atoms with Gasteiger partial charge in [0.2, 0.25) is 0 Å². The van der Waals surface area contributed by atoms with Crippen molar-refractivity contribution < 1.29 is 0 Å². The molecule has 0 aliphatic carbocycles. The van der Waals surface area contributed by atoms with E-state index in [0.717, 1.165) is 17.9 Å². The lowest BCUT2D eigenvalue weighted by Crippen LogP contribution is -2.43. The Hall–Kier alpha value is 0.270. The average Bonchev–Trinajstić information content (AvgIpc) is 2.89. The Balaban J connectivity index is 1.64. The summed E-state index contributed by atoms with van der Waals surface area (Å²) in [5.41, 5.74) is 0. The van der Waals surface area contributed by atoms with Crippen molar-refractivity contribution in [2.75, 3.05) is 37.7 Å². The van der Waals surface area contributed by atoms with Crippen molar-refractivity contribution in [1.29, 1.82) is 0 Å². The molecular weight excluding hydrogens is 228 g/mol. The standard InChI is InChI=1S/C14H28N2S/c1-3-16-7-4-14(5-8-16)12(2)15-10-13-6-9-17-11-13/h12-15H,3-11H2,1-2H3. The Labute approximate surface area is 111 Å². The van der Waals surface area contributed by atoms with Gasteiger partial charge < -0.3 is 10.2 Å². The molecule has 2 fully saturated rings.